The van der Waals surface area contributed by atoms with Gasteiger partial charge in [0.2, 0.25) is 0 Å². The highest BCUT2D eigenvalue weighted by Crippen LogP contribution is 2.25. The highest BCUT2D eigenvalue weighted by Gasteiger charge is 2.12. The maximum atomic E-state index is 4.72. The van der Waals surface area contributed by atoms with Crippen LogP contribution in [0, 0.1) is 17.4 Å². The SMILES string of the molecule is CCNc1nc(-c2ccc(C)c(C)c2)nc(CC)c1I. The van der Waals surface area contributed by atoms with E-state index in [0.29, 0.717) is 0 Å². The Morgan fingerprint density at radius 3 is 2.45 bits per heavy atom. The van der Waals surface area contributed by atoms with Gasteiger partial charge in [0.05, 0.1) is 9.26 Å². The van der Waals surface area contributed by atoms with E-state index in [0.717, 1.165) is 39.4 Å². The fraction of sp³-hybridized carbons (Fsp3) is 0.375. The van der Waals surface area contributed by atoms with Crippen LogP contribution in [0.5, 0.6) is 0 Å². The minimum atomic E-state index is 0.807. The predicted octanol–water partition coefficient (Wildman–Crippen LogP) is 4.36. The number of benzene rings is 1. The van der Waals surface area contributed by atoms with Crippen LogP contribution in [-0.4, -0.2) is 16.5 Å². The number of hydrogen-bond acceptors (Lipinski definition) is 3. The van der Waals surface area contributed by atoms with Crippen molar-refractivity contribution in [1.29, 1.82) is 0 Å². The van der Waals surface area contributed by atoms with E-state index in [-0.39, 0.29) is 0 Å². The van der Waals surface area contributed by atoms with Gasteiger partial charge < -0.3 is 5.32 Å². The summed E-state index contributed by atoms with van der Waals surface area (Å²) < 4.78 is 1.12. The van der Waals surface area contributed by atoms with E-state index in [4.69, 9.17) is 4.98 Å². The topological polar surface area (TPSA) is 37.8 Å². The van der Waals surface area contributed by atoms with Gasteiger partial charge in [-0.1, -0.05) is 19.1 Å². The summed E-state index contributed by atoms with van der Waals surface area (Å²) in [5, 5.41) is 3.33. The zero-order valence-electron chi connectivity index (χ0n) is 12.4. The first-order chi connectivity index (χ1) is 9.56. The number of aryl methyl sites for hydroxylation is 3. The Labute approximate surface area is 134 Å². The molecule has 0 saturated heterocycles. The molecule has 0 fully saturated rings. The molecule has 0 spiro atoms. The molecule has 0 unspecified atom stereocenters. The van der Waals surface area contributed by atoms with Crippen molar-refractivity contribution in [3.63, 3.8) is 0 Å². The van der Waals surface area contributed by atoms with Crippen LogP contribution < -0.4 is 5.32 Å². The number of rotatable bonds is 4. The molecule has 0 saturated carbocycles. The normalized spacial score (nSPS) is 10.7. The van der Waals surface area contributed by atoms with Crippen molar-refractivity contribution in [3.05, 3.63) is 38.6 Å². The highest BCUT2D eigenvalue weighted by atomic mass is 127. The summed E-state index contributed by atoms with van der Waals surface area (Å²) in [6, 6.07) is 6.39. The van der Waals surface area contributed by atoms with E-state index in [1.54, 1.807) is 0 Å². The van der Waals surface area contributed by atoms with Crippen molar-refractivity contribution in [2.75, 3.05) is 11.9 Å². The predicted molar refractivity (Wildman–Crippen MR) is 93.2 cm³/mol. The Bertz CT molecular complexity index is 623. The van der Waals surface area contributed by atoms with E-state index in [9.17, 15) is 0 Å². The zero-order chi connectivity index (χ0) is 14.7. The molecule has 0 aliphatic heterocycles. The van der Waals surface area contributed by atoms with Crippen molar-refractivity contribution in [1.82, 2.24) is 9.97 Å². The van der Waals surface area contributed by atoms with Gasteiger partial charge in [-0.2, -0.15) is 0 Å². The second-order valence-electron chi connectivity index (χ2n) is 4.84. The average Bonchev–Trinajstić information content (AvgIpc) is 2.44. The Kier molecular flexibility index (Phi) is 4.96. The first kappa shape index (κ1) is 15.2. The maximum Gasteiger partial charge on any atom is 0.161 e. The number of halogens is 1. The van der Waals surface area contributed by atoms with E-state index < -0.39 is 0 Å². The number of anilines is 1. The standard InChI is InChI=1S/C16H20IN3/c1-5-13-14(17)16(18-6-2)20-15(19-13)12-8-7-10(3)11(4)9-12/h7-9H,5-6H2,1-4H3,(H,18,19,20). The van der Waals surface area contributed by atoms with Gasteiger partial charge in [0.25, 0.3) is 0 Å². The van der Waals surface area contributed by atoms with Crippen LogP contribution >= 0.6 is 22.6 Å². The van der Waals surface area contributed by atoms with Gasteiger partial charge in [-0.25, -0.2) is 9.97 Å². The molecule has 1 heterocycles. The molecule has 1 aromatic heterocycles. The lowest BCUT2D eigenvalue weighted by molar-refractivity contribution is 0.982. The minimum absolute atomic E-state index is 0.807. The van der Waals surface area contributed by atoms with Crippen LogP contribution in [0.4, 0.5) is 5.82 Å². The molecule has 4 heteroatoms. The molecule has 20 heavy (non-hydrogen) atoms. The van der Waals surface area contributed by atoms with Crippen molar-refractivity contribution < 1.29 is 0 Å². The van der Waals surface area contributed by atoms with Gasteiger partial charge in [-0.15, -0.1) is 0 Å². The van der Waals surface area contributed by atoms with E-state index >= 15 is 0 Å². The lowest BCUT2D eigenvalue weighted by Crippen LogP contribution is -2.07. The lowest BCUT2D eigenvalue weighted by Gasteiger charge is -2.12. The second kappa shape index (κ2) is 6.52. The largest absolute Gasteiger partial charge is 0.369 e. The fourth-order valence-electron chi connectivity index (χ4n) is 2.02. The maximum absolute atomic E-state index is 4.72. The van der Waals surface area contributed by atoms with Crippen molar-refractivity contribution >= 4 is 28.4 Å². The monoisotopic (exact) mass is 381 g/mol. The van der Waals surface area contributed by atoms with Crippen molar-refractivity contribution in [3.8, 4) is 11.4 Å². The summed E-state index contributed by atoms with van der Waals surface area (Å²) in [6.45, 7) is 9.32. The van der Waals surface area contributed by atoms with Gasteiger partial charge in [0.1, 0.15) is 5.82 Å². The van der Waals surface area contributed by atoms with Gasteiger partial charge in [-0.05, 0) is 67.0 Å². The Balaban J connectivity index is 2.55. The third-order valence-electron chi connectivity index (χ3n) is 3.36. The average molecular weight is 381 g/mol. The van der Waals surface area contributed by atoms with Gasteiger partial charge in [-0.3, -0.25) is 0 Å². The molecule has 0 aliphatic rings. The van der Waals surface area contributed by atoms with Gasteiger partial charge in [0.15, 0.2) is 5.82 Å². The first-order valence-corrected chi connectivity index (χ1v) is 8.02. The highest BCUT2D eigenvalue weighted by molar-refractivity contribution is 14.1. The minimum Gasteiger partial charge on any atom is -0.369 e. The van der Waals surface area contributed by atoms with Crippen LogP contribution in [-0.2, 0) is 6.42 Å². The summed E-state index contributed by atoms with van der Waals surface area (Å²) in [6.07, 6.45) is 0.914. The molecule has 2 aromatic rings. The summed E-state index contributed by atoms with van der Waals surface area (Å²) in [7, 11) is 0. The van der Waals surface area contributed by atoms with E-state index in [2.05, 4.69) is 78.8 Å². The van der Waals surface area contributed by atoms with Crippen LogP contribution in [0.3, 0.4) is 0 Å². The summed E-state index contributed by atoms with van der Waals surface area (Å²) >= 11 is 2.32. The first-order valence-electron chi connectivity index (χ1n) is 6.94. The summed E-state index contributed by atoms with van der Waals surface area (Å²) in [5.74, 6) is 1.74. The molecule has 3 nitrogen and oxygen atoms in total. The number of nitrogens with zero attached hydrogens (tertiary/aromatic N) is 2. The number of hydrogen-bond donors (Lipinski definition) is 1. The zero-order valence-corrected chi connectivity index (χ0v) is 14.6. The third-order valence-corrected chi connectivity index (χ3v) is 4.50. The molecule has 1 N–H and O–H groups in total. The molecule has 0 bridgehead atoms. The quantitative estimate of drug-likeness (QED) is 0.800. The molecule has 0 amide bonds. The molecular formula is C16H20IN3. The molecule has 0 radical (unpaired) electrons. The summed E-state index contributed by atoms with van der Waals surface area (Å²) in [4.78, 5) is 9.40. The lowest BCUT2D eigenvalue weighted by atomic mass is 10.1. The summed E-state index contributed by atoms with van der Waals surface area (Å²) in [5.41, 5.74) is 4.75. The van der Waals surface area contributed by atoms with Crippen LogP contribution in [0.25, 0.3) is 11.4 Å². The molecule has 1 aromatic carbocycles. The van der Waals surface area contributed by atoms with Crippen molar-refractivity contribution in [2.45, 2.75) is 34.1 Å². The van der Waals surface area contributed by atoms with Crippen molar-refractivity contribution in [2.24, 2.45) is 0 Å². The third kappa shape index (κ3) is 3.11. The fourth-order valence-corrected chi connectivity index (χ4v) is 2.84. The Morgan fingerprint density at radius 2 is 1.85 bits per heavy atom. The van der Waals surface area contributed by atoms with E-state index in [1.165, 1.54) is 11.1 Å². The van der Waals surface area contributed by atoms with Crippen LogP contribution in [0.15, 0.2) is 18.2 Å². The smallest absolute Gasteiger partial charge is 0.161 e. The van der Waals surface area contributed by atoms with Gasteiger partial charge in [0, 0.05) is 12.1 Å². The van der Waals surface area contributed by atoms with E-state index in [1.807, 2.05) is 0 Å². The molecule has 106 valence electrons. The molecule has 0 aliphatic carbocycles. The van der Waals surface area contributed by atoms with Crippen LogP contribution in [0.2, 0.25) is 0 Å². The second-order valence-corrected chi connectivity index (χ2v) is 5.92. The Morgan fingerprint density at radius 1 is 1.10 bits per heavy atom. The number of nitrogens with one attached hydrogen (secondary N) is 1. The molecular weight excluding hydrogens is 361 g/mol. The van der Waals surface area contributed by atoms with Gasteiger partial charge >= 0.3 is 0 Å². The molecule has 2 rings (SSSR count). The molecule has 0 atom stereocenters. The Hall–Kier alpha value is -1.17. The van der Waals surface area contributed by atoms with Crippen LogP contribution in [0.1, 0.15) is 30.7 Å². The number of aromatic nitrogens is 2.